The molecule has 0 aromatic carbocycles. The Bertz CT molecular complexity index is 386. The number of aryl methyl sites for hydroxylation is 1. The highest BCUT2D eigenvalue weighted by Gasteiger charge is 2.26. The van der Waals surface area contributed by atoms with Gasteiger partial charge in [0.15, 0.2) is 0 Å². The zero-order valence-corrected chi connectivity index (χ0v) is 12.6. The van der Waals surface area contributed by atoms with Crippen molar-refractivity contribution < 1.29 is 4.42 Å². The molecule has 2 unspecified atom stereocenters. The zero-order valence-electron chi connectivity index (χ0n) is 12.6. The third-order valence-electron chi connectivity index (χ3n) is 4.50. The van der Waals surface area contributed by atoms with Crippen LogP contribution in [0.4, 0.5) is 0 Å². The monoisotopic (exact) mass is 264 g/mol. The SMILES string of the molecule is Cc1ccc(C(CN)N2CCCC(C(C)C)CC2)o1. The smallest absolute Gasteiger partial charge is 0.122 e. The van der Waals surface area contributed by atoms with Gasteiger partial charge in [-0.3, -0.25) is 4.90 Å². The molecule has 1 aliphatic rings. The molecule has 2 heterocycles. The fourth-order valence-corrected chi connectivity index (χ4v) is 3.20. The molecule has 1 aromatic heterocycles. The molecular weight excluding hydrogens is 236 g/mol. The van der Waals surface area contributed by atoms with E-state index in [1.807, 2.05) is 13.0 Å². The number of hydrogen-bond acceptors (Lipinski definition) is 3. The fourth-order valence-electron chi connectivity index (χ4n) is 3.20. The Morgan fingerprint density at radius 2 is 2.11 bits per heavy atom. The van der Waals surface area contributed by atoms with Gasteiger partial charge in [0.1, 0.15) is 11.5 Å². The number of nitrogens with zero attached hydrogens (tertiary/aromatic N) is 1. The summed E-state index contributed by atoms with van der Waals surface area (Å²) in [5.74, 6) is 3.66. The summed E-state index contributed by atoms with van der Waals surface area (Å²) in [5.41, 5.74) is 5.99. The lowest BCUT2D eigenvalue weighted by Crippen LogP contribution is -2.34. The minimum atomic E-state index is 0.250. The van der Waals surface area contributed by atoms with Crippen molar-refractivity contribution in [1.29, 1.82) is 0 Å². The quantitative estimate of drug-likeness (QED) is 0.907. The van der Waals surface area contributed by atoms with Gasteiger partial charge in [-0.05, 0) is 63.2 Å². The third-order valence-corrected chi connectivity index (χ3v) is 4.50. The van der Waals surface area contributed by atoms with Crippen LogP contribution >= 0.6 is 0 Å². The summed E-state index contributed by atoms with van der Waals surface area (Å²) in [6.45, 7) is 9.61. The summed E-state index contributed by atoms with van der Waals surface area (Å²) < 4.78 is 5.78. The summed E-state index contributed by atoms with van der Waals surface area (Å²) >= 11 is 0. The van der Waals surface area contributed by atoms with Gasteiger partial charge in [0.05, 0.1) is 6.04 Å². The molecule has 3 heteroatoms. The van der Waals surface area contributed by atoms with E-state index in [9.17, 15) is 0 Å². The second-order valence-corrected chi connectivity index (χ2v) is 6.17. The van der Waals surface area contributed by atoms with Crippen molar-refractivity contribution in [2.45, 2.75) is 46.1 Å². The highest BCUT2D eigenvalue weighted by Crippen LogP contribution is 2.29. The molecule has 19 heavy (non-hydrogen) atoms. The minimum absolute atomic E-state index is 0.250. The van der Waals surface area contributed by atoms with Crippen molar-refractivity contribution in [2.24, 2.45) is 17.6 Å². The van der Waals surface area contributed by atoms with Crippen LogP contribution in [-0.4, -0.2) is 24.5 Å². The van der Waals surface area contributed by atoms with Crippen molar-refractivity contribution in [2.75, 3.05) is 19.6 Å². The van der Waals surface area contributed by atoms with E-state index >= 15 is 0 Å². The molecule has 108 valence electrons. The predicted molar refractivity (Wildman–Crippen MR) is 79.0 cm³/mol. The normalized spacial score (nSPS) is 23.5. The first-order valence-electron chi connectivity index (χ1n) is 7.62. The highest BCUT2D eigenvalue weighted by molar-refractivity contribution is 5.10. The number of furan rings is 1. The number of rotatable bonds is 4. The molecule has 0 bridgehead atoms. The molecule has 2 atom stereocenters. The van der Waals surface area contributed by atoms with E-state index in [4.69, 9.17) is 10.2 Å². The average Bonchev–Trinajstić information content (AvgIpc) is 2.65. The lowest BCUT2D eigenvalue weighted by Gasteiger charge is -2.28. The summed E-state index contributed by atoms with van der Waals surface area (Å²) in [6, 6.07) is 4.37. The minimum Gasteiger partial charge on any atom is -0.465 e. The Morgan fingerprint density at radius 3 is 2.68 bits per heavy atom. The molecule has 1 aromatic rings. The van der Waals surface area contributed by atoms with Crippen LogP contribution in [0.15, 0.2) is 16.5 Å². The van der Waals surface area contributed by atoms with Gasteiger partial charge >= 0.3 is 0 Å². The van der Waals surface area contributed by atoms with Gasteiger partial charge in [-0.2, -0.15) is 0 Å². The maximum atomic E-state index is 5.99. The Labute approximate surface area is 117 Å². The van der Waals surface area contributed by atoms with Crippen LogP contribution < -0.4 is 5.73 Å². The Balaban J connectivity index is 2.03. The van der Waals surface area contributed by atoms with E-state index in [0.29, 0.717) is 6.54 Å². The van der Waals surface area contributed by atoms with Crippen LogP contribution in [0.5, 0.6) is 0 Å². The topological polar surface area (TPSA) is 42.4 Å². The first-order valence-corrected chi connectivity index (χ1v) is 7.62. The average molecular weight is 264 g/mol. The van der Waals surface area contributed by atoms with Crippen molar-refractivity contribution in [1.82, 2.24) is 4.90 Å². The maximum Gasteiger partial charge on any atom is 0.122 e. The molecule has 0 saturated carbocycles. The van der Waals surface area contributed by atoms with Crippen LogP contribution in [0.2, 0.25) is 0 Å². The molecule has 3 nitrogen and oxygen atoms in total. The van der Waals surface area contributed by atoms with Crippen molar-refractivity contribution in [3.63, 3.8) is 0 Å². The van der Waals surface area contributed by atoms with E-state index in [-0.39, 0.29) is 6.04 Å². The van der Waals surface area contributed by atoms with Gasteiger partial charge in [-0.15, -0.1) is 0 Å². The Kier molecular flexibility index (Phi) is 5.06. The summed E-state index contributed by atoms with van der Waals surface area (Å²) in [5, 5.41) is 0. The summed E-state index contributed by atoms with van der Waals surface area (Å²) in [4.78, 5) is 2.51. The van der Waals surface area contributed by atoms with Gasteiger partial charge in [0.2, 0.25) is 0 Å². The predicted octanol–water partition coefficient (Wildman–Crippen LogP) is 3.35. The largest absolute Gasteiger partial charge is 0.465 e. The van der Waals surface area contributed by atoms with E-state index in [2.05, 4.69) is 24.8 Å². The Morgan fingerprint density at radius 1 is 1.32 bits per heavy atom. The lowest BCUT2D eigenvalue weighted by molar-refractivity contribution is 0.180. The zero-order chi connectivity index (χ0) is 13.8. The van der Waals surface area contributed by atoms with Crippen molar-refractivity contribution >= 4 is 0 Å². The van der Waals surface area contributed by atoms with Crippen LogP contribution in [-0.2, 0) is 0 Å². The third kappa shape index (κ3) is 3.61. The molecule has 1 aliphatic heterocycles. The number of likely N-dealkylation sites (tertiary alicyclic amines) is 1. The van der Waals surface area contributed by atoms with Gasteiger partial charge < -0.3 is 10.2 Å². The van der Waals surface area contributed by atoms with Gasteiger partial charge in [0, 0.05) is 6.54 Å². The molecule has 2 N–H and O–H groups in total. The maximum absolute atomic E-state index is 5.99. The van der Waals surface area contributed by atoms with Crippen LogP contribution in [0.1, 0.15) is 50.7 Å². The van der Waals surface area contributed by atoms with E-state index in [1.54, 1.807) is 0 Å². The van der Waals surface area contributed by atoms with Gasteiger partial charge in [-0.25, -0.2) is 0 Å². The molecule has 1 saturated heterocycles. The van der Waals surface area contributed by atoms with E-state index in [1.165, 1.54) is 19.3 Å². The van der Waals surface area contributed by atoms with Crippen LogP contribution in [0, 0.1) is 18.8 Å². The molecule has 0 spiro atoms. The van der Waals surface area contributed by atoms with E-state index < -0.39 is 0 Å². The molecule has 1 fully saturated rings. The van der Waals surface area contributed by atoms with Crippen LogP contribution in [0.25, 0.3) is 0 Å². The number of nitrogens with two attached hydrogens (primary N) is 1. The lowest BCUT2D eigenvalue weighted by atomic mass is 9.89. The van der Waals surface area contributed by atoms with E-state index in [0.717, 1.165) is 36.4 Å². The number of hydrogen-bond donors (Lipinski definition) is 1. The molecule has 2 rings (SSSR count). The fraction of sp³-hybridized carbons (Fsp3) is 0.750. The van der Waals surface area contributed by atoms with Crippen molar-refractivity contribution in [3.8, 4) is 0 Å². The Hall–Kier alpha value is -0.800. The van der Waals surface area contributed by atoms with Crippen molar-refractivity contribution in [3.05, 3.63) is 23.7 Å². The first kappa shape index (κ1) is 14.6. The second-order valence-electron chi connectivity index (χ2n) is 6.17. The standard InChI is InChI=1S/C16H28N2O/c1-12(2)14-5-4-9-18(10-8-14)15(11-17)16-7-6-13(3)19-16/h6-7,12,14-15H,4-5,8-11,17H2,1-3H3. The summed E-state index contributed by atoms with van der Waals surface area (Å²) in [7, 11) is 0. The van der Waals surface area contributed by atoms with Crippen LogP contribution in [0.3, 0.4) is 0 Å². The molecule has 0 radical (unpaired) electrons. The molecule has 0 amide bonds. The summed E-state index contributed by atoms with van der Waals surface area (Å²) in [6.07, 6.45) is 3.91. The first-order chi connectivity index (χ1) is 9.11. The molecular formula is C16H28N2O. The molecule has 0 aliphatic carbocycles. The van der Waals surface area contributed by atoms with Gasteiger partial charge in [-0.1, -0.05) is 13.8 Å². The second kappa shape index (κ2) is 6.58. The highest BCUT2D eigenvalue weighted by atomic mass is 16.3. The van der Waals surface area contributed by atoms with Gasteiger partial charge in [0.25, 0.3) is 0 Å².